The number of amides is 1. The maximum Gasteiger partial charge on any atom is 0.306 e. The molecule has 1 amide bonds. The van der Waals surface area contributed by atoms with Gasteiger partial charge in [-0.25, -0.2) is 0 Å². The second kappa shape index (κ2) is 69.5. The molecule has 0 aromatic carbocycles. The Morgan fingerprint density at radius 2 is 0.703 bits per heavy atom. The zero-order chi connectivity index (χ0) is 66.3. The largest absolute Gasteiger partial charge is 0.756 e. The fourth-order valence-electron chi connectivity index (χ4n) is 10.9. The Morgan fingerprint density at radius 1 is 0.396 bits per heavy atom. The molecule has 3 unspecified atom stereocenters. The number of rotatable bonds is 69. The minimum absolute atomic E-state index is 0.0270. The summed E-state index contributed by atoms with van der Waals surface area (Å²) in [4.78, 5) is 40.3. The standard InChI is InChI=1S/C81H145N2O7P/c1-7-10-13-16-19-22-25-28-30-32-34-36-38-40-41-43-44-46-48-50-52-55-58-61-64-67-70-73-80(84)82-78(77-89-91(86,87)88-76-75-83(4,5)6)79(72-69-66-63-60-57-54-27-24-21-18-15-12-9-3)90-81(85)74-71-68-65-62-59-56-53-51-49-47-45-42-39-37-35-33-31-29-26-23-20-17-14-11-8-2/h11,14,19-20,22-23,28-31,34-37,42,45,69,72,78-79H,7-10,12-13,15-18,21,24-27,32-33,38-41,43-44,46-68,70-71,73-77H2,1-6H3,(H-,82,84,86,87)/b14-11-,22-19-,23-20-,30-28-,31-29-,36-34-,37-35-,45-42-,72-69+. The summed E-state index contributed by atoms with van der Waals surface area (Å²) in [6.45, 7) is 6.73. The third-order valence-electron chi connectivity index (χ3n) is 16.7. The number of allylic oxidation sites excluding steroid dienone is 17. The first kappa shape index (κ1) is 87.7. The van der Waals surface area contributed by atoms with Gasteiger partial charge in [-0.15, -0.1) is 0 Å². The van der Waals surface area contributed by atoms with Crippen LogP contribution in [-0.2, 0) is 27.9 Å². The number of hydrogen-bond donors (Lipinski definition) is 1. The van der Waals surface area contributed by atoms with E-state index < -0.39 is 26.6 Å². The van der Waals surface area contributed by atoms with Crippen LogP contribution in [0.25, 0.3) is 0 Å². The number of phosphoric acid groups is 1. The van der Waals surface area contributed by atoms with E-state index in [0.29, 0.717) is 17.4 Å². The van der Waals surface area contributed by atoms with Crippen LogP contribution in [0.4, 0.5) is 0 Å². The van der Waals surface area contributed by atoms with Crippen molar-refractivity contribution < 1.29 is 37.3 Å². The number of nitrogens with one attached hydrogen (secondary N) is 1. The van der Waals surface area contributed by atoms with Crippen LogP contribution in [0.1, 0.15) is 342 Å². The molecular formula is C81H145N2O7P. The molecule has 0 aliphatic rings. The van der Waals surface area contributed by atoms with E-state index in [-0.39, 0.29) is 24.9 Å². The van der Waals surface area contributed by atoms with Gasteiger partial charge in [-0.1, -0.05) is 323 Å². The zero-order valence-corrected chi connectivity index (χ0v) is 61.2. The maximum absolute atomic E-state index is 13.6. The summed E-state index contributed by atoms with van der Waals surface area (Å²) in [5, 5.41) is 3.05. The first-order valence-corrected chi connectivity index (χ1v) is 39.7. The van der Waals surface area contributed by atoms with Crippen molar-refractivity contribution in [3.8, 4) is 0 Å². The highest BCUT2D eigenvalue weighted by molar-refractivity contribution is 7.45. The number of quaternary nitrogens is 1. The lowest BCUT2D eigenvalue weighted by atomic mass is 10.0. The van der Waals surface area contributed by atoms with Gasteiger partial charge in [0.1, 0.15) is 19.3 Å². The van der Waals surface area contributed by atoms with Gasteiger partial charge in [0.25, 0.3) is 7.82 Å². The minimum atomic E-state index is -4.72. The van der Waals surface area contributed by atoms with E-state index in [1.165, 1.54) is 193 Å². The SMILES string of the molecule is CC/C=C\C/C=C\C/C=C\C/C=C\C/C=C\CCCCCCCCCCCC(=O)OC(/C=C/CCCCCCCCCCCCC)C(COP(=O)([O-])OCC[N+](C)(C)C)NC(=O)CCCCCCCCCCCCCCCC/C=C\C/C=C\C/C=C\CCCCC. The molecule has 1 N–H and O–H groups in total. The van der Waals surface area contributed by atoms with Gasteiger partial charge in [-0.2, -0.15) is 0 Å². The molecular weight excluding hydrogens is 1140 g/mol. The first-order valence-electron chi connectivity index (χ1n) is 38.2. The Kier molecular flexibility index (Phi) is 67.0. The third-order valence-corrected chi connectivity index (χ3v) is 17.7. The summed E-state index contributed by atoms with van der Waals surface area (Å²) >= 11 is 0. The molecule has 9 nitrogen and oxygen atoms in total. The molecule has 0 bridgehead atoms. The first-order chi connectivity index (χ1) is 44.4. The minimum Gasteiger partial charge on any atom is -0.756 e. The highest BCUT2D eigenvalue weighted by Crippen LogP contribution is 2.38. The highest BCUT2D eigenvalue weighted by Gasteiger charge is 2.27. The molecule has 0 heterocycles. The molecule has 0 radical (unpaired) electrons. The number of phosphoric ester groups is 1. The highest BCUT2D eigenvalue weighted by atomic mass is 31.2. The van der Waals surface area contributed by atoms with E-state index >= 15 is 0 Å². The number of carbonyl (C=O) groups excluding carboxylic acids is 2. The third kappa shape index (κ3) is 70.8. The average molecular weight is 1290 g/mol. The second-order valence-corrected chi connectivity index (χ2v) is 28.2. The lowest BCUT2D eigenvalue weighted by Gasteiger charge is -2.30. The number of hydrogen-bond acceptors (Lipinski definition) is 7. The van der Waals surface area contributed by atoms with Crippen LogP contribution in [0.15, 0.2) is 109 Å². The summed E-state index contributed by atoms with van der Waals surface area (Å²) in [7, 11) is 1.18. The van der Waals surface area contributed by atoms with Crippen LogP contribution in [0, 0.1) is 0 Å². The van der Waals surface area contributed by atoms with Crippen molar-refractivity contribution >= 4 is 19.7 Å². The summed E-state index contributed by atoms with van der Waals surface area (Å²) in [6, 6.07) is -0.899. The van der Waals surface area contributed by atoms with E-state index in [2.05, 4.69) is 123 Å². The van der Waals surface area contributed by atoms with Crippen LogP contribution in [0.5, 0.6) is 0 Å². The predicted octanol–water partition coefficient (Wildman–Crippen LogP) is 24.2. The van der Waals surface area contributed by atoms with Crippen LogP contribution in [-0.4, -0.2) is 69.4 Å². The van der Waals surface area contributed by atoms with Gasteiger partial charge < -0.3 is 28.5 Å². The molecule has 0 rings (SSSR count). The quantitative estimate of drug-likeness (QED) is 0.0212. The molecule has 0 aromatic heterocycles. The van der Waals surface area contributed by atoms with Gasteiger partial charge in [-0.05, 0) is 115 Å². The van der Waals surface area contributed by atoms with Gasteiger partial charge in [-0.3, -0.25) is 14.2 Å². The summed E-state index contributed by atoms with van der Waals surface area (Å²) < 4.78 is 30.5. The van der Waals surface area contributed by atoms with Gasteiger partial charge in [0.2, 0.25) is 5.91 Å². The second-order valence-electron chi connectivity index (χ2n) is 26.8. The Labute approximate surface area is 563 Å². The van der Waals surface area contributed by atoms with Gasteiger partial charge in [0.05, 0.1) is 33.8 Å². The summed E-state index contributed by atoms with van der Waals surface area (Å²) in [6.07, 6.45) is 96.4. The molecule has 0 aliphatic heterocycles. The van der Waals surface area contributed by atoms with Crippen molar-refractivity contribution in [2.75, 3.05) is 40.9 Å². The maximum atomic E-state index is 13.6. The van der Waals surface area contributed by atoms with E-state index in [0.717, 1.165) is 116 Å². The summed E-state index contributed by atoms with van der Waals surface area (Å²) in [5.41, 5.74) is 0. The Morgan fingerprint density at radius 3 is 1.08 bits per heavy atom. The molecule has 91 heavy (non-hydrogen) atoms. The monoisotopic (exact) mass is 1290 g/mol. The fraction of sp³-hybridized carbons (Fsp3) is 0.753. The average Bonchev–Trinajstić information content (AvgIpc) is 3.70. The Balaban J connectivity index is 5.03. The topological polar surface area (TPSA) is 114 Å². The fourth-order valence-corrected chi connectivity index (χ4v) is 11.6. The van der Waals surface area contributed by atoms with Gasteiger partial charge in [0, 0.05) is 12.8 Å². The van der Waals surface area contributed by atoms with Crippen LogP contribution >= 0.6 is 7.82 Å². The van der Waals surface area contributed by atoms with E-state index in [4.69, 9.17) is 13.8 Å². The van der Waals surface area contributed by atoms with Crippen molar-refractivity contribution in [3.63, 3.8) is 0 Å². The lowest BCUT2D eigenvalue weighted by Crippen LogP contribution is -2.47. The Bertz CT molecular complexity index is 1930. The van der Waals surface area contributed by atoms with Crippen molar-refractivity contribution in [1.29, 1.82) is 0 Å². The molecule has 3 atom stereocenters. The van der Waals surface area contributed by atoms with Crippen LogP contribution < -0.4 is 10.2 Å². The lowest BCUT2D eigenvalue weighted by molar-refractivity contribution is -0.870. The number of ether oxygens (including phenoxy) is 1. The van der Waals surface area contributed by atoms with E-state index in [1.807, 2.05) is 33.3 Å². The van der Waals surface area contributed by atoms with E-state index in [9.17, 15) is 19.0 Å². The number of nitrogens with zero attached hydrogens (tertiary/aromatic N) is 1. The molecule has 526 valence electrons. The molecule has 0 saturated carbocycles. The van der Waals surface area contributed by atoms with Crippen molar-refractivity contribution in [3.05, 3.63) is 109 Å². The zero-order valence-electron chi connectivity index (χ0n) is 60.3. The molecule has 0 aromatic rings. The Hall–Kier alpha value is -3.33. The van der Waals surface area contributed by atoms with Crippen LogP contribution in [0.2, 0.25) is 0 Å². The molecule has 0 aliphatic carbocycles. The van der Waals surface area contributed by atoms with Crippen molar-refractivity contribution in [1.82, 2.24) is 5.32 Å². The van der Waals surface area contributed by atoms with E-state index in [1.54, 1.807) is 0 Å². The van der Waals surface area contributed by atoms with Gasteiger partial charge in [0.15, 0.2) is 0 Å². The smallest absolute Gasteiger partial charge is 0.306 e. The summed E-state index contributed by atoms with van der Waals surface area (Å²) in [5.74, 6) is -0.542. The predicted molar refractivity (Wildman–Crippen MR) is 394 cm³/mol. The number of esters is 1. The molecule has 0 fully saturated rings. The number of likely N-dealkylation sites (N-methyl/N-ethyl adjacent to an activating group) is 1. The van der Waals surface area contributed by atoms with Gasteiger partial charge >= 0.3 is 5.97 Å². The van der Waals surface area contributed by atoms with Crippen molar-refractivity contribution in [2.24, 2.45) is 0 Å². The normalized spacial score (nSPS) is 14.1. The van der Waals surface area contributed by atoms with Crippen LogP contribution in [0.3, 0.4) is 0 Å². The molecule has 0 saturated heterocycles. The number of carbonyl (C=O) groups is 2. The number of unbranched alkanes of at least 4 members (excludes halogenated alkanes) is 37. The molecule has 10 heteroatoms. The van der Waals surface area contributed by atoms with Crippen molar-refractivity contribution in [2.45, 2.75) is 354 Å². The molecule has 0 spiro atoms.